The van der Waals surface area contributed by atoms with Gasteiger partial charge in [0, 0.05) is 54.3 Å². The minimum atomic E-state index is -0.719. The van der Waals surface area contributed by atoms with Crippen LogP contribution in [0.3, 0.4) is 0 Å². The lowest BCUT2D eigenvalue weighted by atomic mass is 10.1. The van der Waals surface area contributed by atoms with Gasteiger partial charge in [0.15, 0.2) is 0 Å². The second-order valence-corrected chi connectivity index (χ2v) is 9.09. The molecule has 1 aliphatic rings. The maximum absolute atomic E-state index is 15.1. The first-order chi connectivity index (χ1) is 16.3. The van der Waals surface area contributed by atoms with Crippen molar-refractivity contribution in [2.75, 3.05) is 38.1 Å². The van der Waals surface area contributed by atoms with Gasteiger partial charge in [-0.05, 0) is 44.3 Å². The summed E-state index contributed by atoms with van der Waals surface area (Å²) < 4.78 is 17.5. The van der Waals surface area contributed by atoms with E-state index in [1.807, 2.05) is 18.9 Å². The van der Waals surface area contributed by atoms with E-state index in [1.165, 1.54) is 24.5 Å². The molecule has 2 N–H and O–H groups in total. The number of rotatable bonds is 5. The number of carbonyl (C=O) groups excluding carboxylic acids is 1. The van der Waals surface area contributed by atoms with Crippen LogP contribution in [0.25, 0.3) is 10.9 Å². The van der Waals surface area contributed by atoms with Gasteiger partial charge in [-0.3, -0.25) is 9.59 Å². The number of phenols is 1. The Morgan fingerprint density at radius 2 is 1.97 bits per heavy atom. The fourth-order valence-corrected chi connectivity index (χ4v) is 4.34. The quantitative estimate of drug-likeness (QED) is 0.391. The number of aromatic nitrogens is 1. The van der Waals surface area contributed by atoms with Crippen molar-refractivity contribution in [2.45, 2.75) is 13.5 Å². The third kappa shape index (κ3) is 4.83. The molecule has 2 aromatic carbocycles. The van der Waals surface area contributed by atoms with Gasteiger partial charge < -0.3 is 19.5 Å². The predicted molar refractivity (Wildman–Crippen MR) is 134 cm³/mol. The van der Waals surface area contributed by atoms with Crippen molar-refractivity contribution in [3.05, 3.63) is 68.2 Å². The van der Waals surface area contributed by atoms with E-state index in [2.05, 4.69) is 31.4 Å². The number of pyridine rings is 1. The third-order valence-electron chi connectivity index (χ3n) is 5.94. The molecule has 8 nitrogen and oxygen atoms in total. The number of hydrazone groups is 1. The average Bonchev–Trinajstić information content (AvgIpc) is 2.82. The molecule has 0 unspecified atom stereocenters. The zero-order chi connectivity index (χ0) is 24.4. The Bertz CT molecular complexity index is 1330. The average molecular weight is 530 g/mol. The van der Waals surface area contributed by atoms with Gasteiger partial charge >= 0.3 is 0 Å². The molecule has 34 heavy (non-hydrogen) atoms. The summed E-state index contributed by atoms with van der Waals surface area (Å²) in [6.07, 6.45) is 2.75. The monoisotopic (exact) mass is 529 g/mol. The first kappa shape index (κ1) is 23.9. The topological polar surface area (TPSA) is 90.2 Å². The molecule has 0 saturated carbocycles. The van der Waals surface area contributed by atoms with Gasteiger partial charge in [-0.25, -0.2) is 9.82 Å². The predicted octanol–water partition coefficient (Wildman–Crippen LogP) is 3.14. The number of nitrogens with one attached hydrogen (secondary N) is 1. The number of hydrogen-bond acceptors (Lipinski definition) is 6. The van der Waals surface area contributed by atoms with E-state index in [0.29, 0.717) is 36.4 Å². The molecule has 0 aliphatic carbocycles. The number of halogens is 2. The number of nitrogens with zero attached hydrogens (tertiary/aromatic N) is 4. The fraction of sp³-hybridized carbons (Fsp3) is 0.292. The highest BCUT2D eigenvalue weighted by atomic mass is 79.9. The minimum absolute atomic E-state index is 0.00753. The second-order valence-electron chi connectivity index (χ2n) is 8.17. The molecule has 1 amide bonds. The lowest BCUT2D eigenvalue weighted by Gasteiger charge is -2.34. The molecule has 3 aromatic rings. The van der Waals surface area contributed by atoms with Gasteiger partial charge in [-0.2, -0.15) is 5.10 Å². The highest BCUT2D eigenvalue weighted by Crippen LogP contribution is 2.26. The summed E-state index contributed by atoms with van der Waals surface area (Å²) in [4.78, 5) is 30.0. The zero-order valence-corrected chi connectivity index (χ0v) is 20.5. The molecule has 0 bridgehead atoms. The number of aryl methyl sites for hydroxylation is 1. The van der Waals surface area contributed by atoms with Gasteiger partial charge in [-0.1, -0.05) is 15.9 Å². The van der Waals surface area contributed by atoms with E-state index < -0.39 is 17.2 Å². The van der Waals surface area contributed by atoms with Crippen LogP contribution in [0, 0.1) is 5.82 Å². The van der Waals surface area contributed by atoms with Crippen LogP contribution in [0.4, 0.5) is 10.1 Å². The molecule has 1 aromatic heterocycles. The molecule has 0 spiro atoms. The maximum atomic E-state index is 15.1. The summed E-state index contributed by atoms with van der Waals surface area (Å²) in [6.45, 7) is 5.42. The van der Waals surface area contributed by atoms with Gasteiger partial charge in [0.25, 0.3) is 5.91 Å². The highest BCUT2D eigenvalue weighted by Gasteiger charge is 2.21. The Labute approximate surface area is 204 Å². The van der Waals surface area contributed by atoms with Crippen molar-refractivity contribution in [3.63, 3.8) is 0 Å². The van der Waals surface area contributed by atoms with Crippen LogP contribution in [0.1, 0.15) is 22.8 Å². The van der Waals surface area contributed by atoms with Gasteiger partial charge in [0.05, 0.1) is 17.4 Å². The second kappa shape index (κ2) is 9.94. The number of piperazine rings is 1. The molecule has 1 saturated heterocycles. The molecule has 178 valence electrons. The lowest BCUT2D eigenvalue weighted by Crippen LogP contribution is -2.44. The molecule has 0 atom stereocenters. The SMILES string of the molecule is CCn1cc(C(=O)NN=Cc2cc(Br)ccc2O)c(=O)c2cc(F)c(N3CCN(C)CC3)cc21. The van der Waals surface area contributed by atoms with Gasteiger partial charge in [0.1, 0.15) is 17.1 Å². The van der Waals surface area contributed by atoms with E-state index >= 15 is 4.39 Å². The Morgan fingerprint density at radius 3 is 2.68 bits per heavy atom. The first-order valence-corrected chi connectivity index (χ1v) is 11.7. The molecule has 2 heterocycles. The van der Waals surface area contributed by atoms with Crippen molar-refractivity contribution in [3.8, 4) is 5.75 Å². The number of aromatic hydroxyl groups is 1. The molecular formula is C24H25BrFN5O3. The largest absolute Gasteiger partial charge is 0.507 e. The number of benzene rings is 2. The van der Waals surface area contributed by atoms with Crippen molar-refractivity contribution >= 4 is 44.6 Å². The lowest BCUT2D eigenvalue weighted by molar-refractivity contribution is 0.0953. The molecule has 0 radical (unpaired) electrons. The van der Waals surface area contributed by atoms with Crippen LogP contribution in [0.15, 0.2) is 50.9 Å². The van der Waals surface area contributed by atoms with Crippen molar-refractivity contribution in [1.82, 2.24) is 14.9 Å². The number of likely N-dealkylation sites (N-methyl/N-ethyl adjacent to an activating group) is 1. The van der Waals surface area contributed by atoms with E-state index in [0.717, 1.165) is 17.6 Å². The Kier molecular flexibility index (Phi) is 6.99. The molecule has 4 rings (SSSR count). The zero-order valence-electron chi connectivity index (χ0n) is 18.9. The Balaban J connectivity index is 1.66. The third-order valence-corrected chi connectivity index (χ3v) is 6.43. The summed E-state index contributed by atoms with van der Waals surface area (Å²) in [5, 5.41) is 13.9. The highest BCUT2D eigenvalue weighted by molar-refractivity contribution is 9.10. The normalized spacial score (nSPS) is 14.8. The summed E-state index contributed by atoms with van der Waals surface area (Å²) in [5.74, 6) is -1.22. The van der Waals surface area contributed by atoms with Gasteiger partial charge in [-0.15, -0.1) is 0 Å². The van der Waals surface area contributed by atoms with Crippen molar-refractivity contribution in [1.29, 1.82) is 0 Å². The smallest absolute Gasteiger partial charge is 0.276 e. The van der Waals surface area contributed by atoms with Crippen LogP contribution in [-0.2, 0) is 6.54 Å². The molecule has 1 aliphatic heterocycles. The van der Waals surface area contributed by atoms with E-state index in [9.17, 15) is 14.7 Å². The van der Waals surface area contributed by atoms with Crippen molar-refractivity contribution < 1.29 is 14.3 Å². The number of fused-ring (bicyclic) bond motifs is 1. The standard InChI is InChI=1S/C24H25BrFN5O3/c1-3-30-14-18(24(34)28-27-13-15-10-16(25)4-5-22(15)32)23(33)17-11-19(26)21(12-20(17)30)31-8-6-29(2)7-9-31/h4-5,10-14,32H,3,6-9H2,1-2H3,(H,28,34). The van der Waals surface area contributed by atoms with E-state index in [4.69, 9.17) is 0 Å². The Morgan fingerprint density at radius 1 is 1.24 bits per heavy atom. The summed E-state index contributed by atoms with van der Waals surface area (Å²) in [7, 11) is 2.03. The fourth-order valence-electron chi connectivity index (χ4n) is 3.96. The minimum Gasteiger partial charge on any atom is -0.507 e. The van der Waals surface area contributed by atoms with Crippen LogP contribution in [0.2, 0.25) is 0 Å². The van der Waals surface area contributed by atoms with E-state index in [-0.39, 0.29) is 16.7 Å². The first-order valence-electron chi connectivity index (χ1n) is 10.9. The van der Waals surface area contributed by atoms with Crippen LogP contribution in [-0.4, -0.2) is 59.9 Å². The summed E-state index contributed by atoms with van der Waals surface area (Å²) >= 11 is 3.30. The number of amides is 1. The Hall–Kier alpha value is -3.24. The molecule has 10 heteroatoms. The summed E-state index contributed by atoms with van der Waals surface area (Å²) in [5.41, 5.74) is 3.02. The van der Waals surface area contributed by atoms with E-state index in [1.54, 1.807) is 22.8 Å². The maximum Gasteiger partial charge on any atom is 0.276 e. The number of anilines is 1. The number of phenolic OH excluding ortho intramolecular Hbond substituents is 1. The van der Waals surface area contributed by atoms with Crippen LogP contribution in [0.5, 0.6) is 5.75 Å². The number of hydrogen-bond donors (Lipinski definition) is 2. The molecular weight excluding hydrogens is 505 g/mol. The van der Waals surface area contributed by atoms with Crippen LogP contribution >= 0.6 is 15.9 Å². The summed E-state index contributed by atoms with van der Waals surface area (Å²) in [6, 6.07) is 7.70. The van der Waals surface area contributed by atoms with Crippen LogP contribution < -0.4 is 15.8 Å². The molecule has 1 fully saturated rings. The number of carbonyl (C=O) groups is 1. The van der Waals surface area contributed by atoms with Gasteiger partial charge in [0.2, 0.25) is 5.43 Å². The van der Waals surface area contributed by atoms with Crippen molar-refractivity contribution in [2.24, 2.45) is 5.10 Å².